The second-order valence-electron chi connectivity index (χ2n) is 8.09. The SMILES string of the molecule is N#Cc1c(F)cc(Cn2ccc(N3C=CC3c3ccc(N4CCC(F)(F)C4)nc3)n2)cc1F. The molecule has 2 aromatic heterocycles. The summed E-state index contributed by atoms with van der Waals surface area (Å²) in [5, 5.41) is 13.3. The number of pyridine rings is 1. The molecule has 6 nitrogen and oxygen atoms in total. The number of halogens is 4. The Kier molecular flexibility index (Phi) is 5.04. The van der Waals surface area contributed by atoms with Crippen molar-refractivity contribution >= 4 is 11.6 Å². The molecule has 1 aromatic carbocycles. The lowest BCUT2D eigenvalue weighted by Gasteiger charge is -2.34. The van der Waals surface area contributed by atoms with Crippen LogP contribution in [0.1, 0.15) is 29.2 Å². The van der Waals surface area contributed by atoms with Gasteiger partial charge in [0.15, 0.2) is 5.82 Å². The maximum absolute atomic E-state index is 13.9. The fourth-order valence-electron chi connectivity index (χ4n) is 4.03. The van der Waals surface area contributed by atoms with Gasteiger partial charge in [0.05, 0.1) is 19.1 Å². The molecular weight excluding hydrogens is 436 g/mol. The summed E-state index contributed by atoms with van der Waals surface area (Å²) in [5.74, 6) is -3.32. The molecule has 0 N–H and O–H groups in total. The second kappa shape index (κ2) is 7.92. The van der Waals surface area contributed by atoms with Gasteiger partial charge in [-0.25, -0.2) is 22.5 Å². The van der Waals surface area contributed by atoms with E-state index in [0.29, 0.717) is 17.2 Å². The number of alkyl halides is 2. The third-order valence-corrected chi connectivity index (χ3v) is 5.78. The lowest BCUT2D eigenvalue weighted by molar-refractivity contribution is 0.0256. The van der Waals surface area contributed by atoms with Gasteiger partial charge in [-0.2, -0.15) is 10.4 Å². The normalized spacial score (nSPS) is 18.9. The highest BCUT2D eigenvalue weighted by atomic mass is 19.3. The van der Waals surface area contributed by atoms with Gasteiger partial charge in [0.1, 0.15) is 29.1 Å². The molecule has 2 aliphatic heterocycles. The fourth-order valence-corrected chi connectivity index (χ4v) is 4.03. The van der Waals surface area contributed by atoms with E-state index in [4.69, 9.17) is 5.26 Å². The third kappa shape index (κ3) is 4.02. The van der Waals surface area contributed by atoms with Crippen LogP contribution in [-0.4, -0.2) is 33.8 Å². The van der Waals surface area contributed by atoms with Crippen LogP contribution in [0.4, 0.5) is 29.2 Å². The predicted octanol–water partition coefficient (Wildman–Crippen LogP) is 4.40. The van der Waals surface area contributed by atoms with Crippen LogP contribution in [0.5, 0.6) is 0 Å². The molecule has 33 heavy (non-hydrogen) atoms. The minimum Gasteiger partial charge on any atom is -0.350 e. The Morgan fingerprint density at radius 3 is 2.48 bits per heavy atom. The van der Waals surface area contributed by atoms with Crippen molar-refractivity contribution in [3.8, 4) is 6.07 Å². The van der Waals surface area contributed by atoms with E-state index in [1.165, 1.54) is 6.07 Å². The predicted molar refractivity (Wildman–Crippen MR) is 113 cm³/mol. The monoisotopic (exact) mass is 454 g/mol. The van der Waals surface area contributed by atoms with Gasteiger partial charge in [-0.15, -0.1) is 0 Å². The van der Waals surface area contributed by atoms with Gasteiger partial charge in [0.25, 0.3) is 5.92 Å². The average Bonchev–Trinajstić information content (AvgIpc) is 3.33. The fraction of sp³-hybridized carbons (Fsp3) is 0.261. The van der Waals surface area contributed by atoms with Crippen molar-refractivity contribution in [3.05, 3.63) is 83.3 Å². The Morgan fingerprint density at radius 2 is 1.91 bits per heavy atom. The number of aromatic nitrogens is 3. The topological polar surface area (TPSA) is 61.0 Å². The van der Waals surface area contributed by atoms with E-state index >= 15 is 0 Å². The minimum atomic E-state index is -2.68. The third-order valence-electron chi connectivity index (χ3n) is 5.78. The van der Waals surface area contributed by atoms with E-state index < -0.39 is 23.1 Å². The molecule has 0 saturated carbocycles. The lowest BCUT2D eigenvalue weighted by atomic mass is 10.0. The summed E-state index contributed by atoms with van der Waals surface area (Å²) in [7, 11) is 0. The number of hydrogen-bond donors (Lipinski definition) is 0. The maximum atomic E-state index is 13.9. The largest absolute Gasteiger partial charge is 0.350 e. The molecule has 5 rings (SSSR count). The molecule has 1 saturated heterocycles. The Hall–Kier alpha value is -3.87. The molecule has 2 aliphatic rings. The van der Waals surface area contributed by atoms with Crippen LogP contribution in [-0.2, 0) is 6.54 Å². The molecule has 0 radical (unpaired) electrons. The molecule has 1 unspecified atom stereocenters. The van der Waals surface area contributed by atoms with Gasteiger partial charge in [0.2, 0.25) is 0 Å². The van der Waals surface area contributed by atoms with Gasteiger partial charge in [-0.3, -0.25) is 4.68 Å². The summed E-state index contributed by atoms with van der Waals surface area (Å²) in [6.45, 7) is 0.0943. The van der Waals surface area contributed by atoms with Crippen LogP contribution in [0, 0.1) is 23.0 Å². The summed E-state index contributed by atoms with van der Waals surface area (Å²) < 4.78 is 56.2. The zero-order valence-corrected chi connectivity index (χ0v) is 17.3. The van der Waals surface area contributed by atoms with Crippen LogP contribution < -0.4 is 9.80 Å². The number of hydrogen-bond acceptors (Lipinski definition) is 5. The molecule has 3 aromatic rings. The minimum absolute atomic E-state index is 0.111. The Bertz CT molecular complexity index is 1240. The first-order valence-electron chi connectivity index (χ1n) is 10.3. The van der Waals surface area contributed by atoms with Crippen molar-refractivity contribution in [2.24, 2.45) is 0 Å². The van der Waals surface area contributed by atoms with Crippen LogP contribution in [0.15, 0.2) is 55.0 Å². The van der Waals surface area contributed by atoms with Crippen molar-refractivity contribution in [2.45, 2.75) is 24.9 Å². The Morgan fingerprint density at radius 1 is 1.12 bits per heavy atom. The standard InChI is InChI=1S/C23H18F4N6/c24-18-9-15(10-19(25)17(18)11-28)13-32-6-4-22(30-32)33-7-3-20(33)16-1-2-21(29-12-16)31-8-5-23(26,27)14-31/h1-4,6-7,9-10,12,20H,5,8,13-14H2. The van der Waals surface area contributed by atoms with Crippen molar-refractivity contribution in [1.82, 2.24) is 14.8 Å². The van der Waals surface area contributed by atoms with E-state index in [-0.39, 0.29) is 32.1 Å². The highest BCUT2D eigenvalue weighted by molar-refractivity contribution is 5.53. The van der Waals surface area contributed by atoms with Gasteiger partial charge >= 0.3 is 0 Å². The highest BCUT2D eigenvalue weighted by Gasteiger charge is 2.38. The van der Waals surface area contributed by atoms with E-state index in [9.17, 15) is 17.6 Å². The number of nitrogens with zero attached hydrogens (tertiary/aromatic N) is 6. The van der Waals surface area contributed by atoms with E-state index in [1.54, 1.807) is 34.1 Å². The van der Waals surface area contributed by atoms with Gasteiger partial charge in [0, 0.05) is 37.6 Å². The van der Waals surface area contributed by atoms with Crippen LogP contribution in [0.3, 0.4) is 0 Å². The van der Waals surface area contributed by atoms with E-state index in [2.05, 4.69) is 10.1 Å². The molecule has 1 fully saturated rings. The molecule has 0 spiro atoms. The first kappa shape index (κ1) is 21.0. The molecule has 168 valence electrons. The highest BCUT2D eigenvalue weighted by Crippen LogP contribution is 2.35. The summed E-state index contributed by atoms with van der Waals surface area (Å²) in [6, 6.07) is 9.02. The van der Waals surface area contributed by atoms with Crippen molar-refractivity contribution in [2.75, 3.05) is 22.9 Å². The summed E-state index contributed by atoms with van der Waals surface area (Å²) in [6.07, 6.45) is 7.02. The zero-order chi connectivity index (χ0) is 23.2. The molecule has 0 amide bonds. The summed E-state index contributed by atoms with van der Waals surface area (Å²) >= 11 is 0. The van der Waals surface area contributed by atoms with Gasteiger partial charge in [-0.1, -0.05) is 6.07 Å². The number of rotatable bonds is 5. The number of benzene rings is 1. The molecule has 1 atom stereocenters. The molecule has 4 heterocycles. The van der Waals surface area contributed by atoms with Crippen molar-refractivity contribution in [1.29, 1.82) is 5.26 Å². The van der Waals surface area contributed by atoms with Crippen molar-refractivity contribution in [3.63, 3.8) is 0 Å². The Labute approximate surface area is 187 Å². The smallest absolute Gasteiger partial charge is 0.266 e. The first-order valence-corrected chi connectivity index (χ1v) is 10.3. The second-order valence-corrected chi connectivity index (χ2v) is 8.09. The molecule has 0 bridgehead atoms. The first-order chi connectivity index (χ1) is 15.8. The summed E-state index contributed by atoms with van der Waals surface area (Å²) in [4.78, 5) is 7.85. The maximum Gasteiger partial charge on any atom is 0.266 e. The van der Waals surface area contributed by atoms with Crippen LogP contribution >= 0.6 is 0 Å². The van der Waals surface area contributed by atoms with E-state index in [0.717, 1.165) is 17.7 Å². The lowest BCUT2D eigenvalue weighted by Crippen LogP contribution is -2.30. The Balaban J connectivity index is 1.27. The number of anilines is 2. The van der Waals surface area contributed by atoms with Gasteiger partial charge in [-0.05, 0) is 35.4 Å². The quantitative estimate of drug-likeness (QED) is 0.535. The van der Waals surface area contributed by atoms with Crippen LogP contribution in [0.2, 0.25) is 0 Å². The number of nitriles is 1. The van der Waals surface area contributed by atoms with Gasteiger partial charge < -0.3 is 9.80 Å². The average molecular weight is 454 g/mol. The molecule has 10 heteroatoms. The van der Waals surface area contributed by atoms with Crippen molar-refractivity contribution < 1.29 is 17.6 Å². The van der Waals surface area contributed by atoms with Crippen LogP contribution in [0.25, 0.3) is 0 Å². The zero-order valence-electron chi connectivity index (χ0n) is 17.3. The summed E-state index contributed by atoms with van der Waals surface area (Å²) in [5.41, 5.74) is 0.631. The molecule has 0 aliphatic carbocycles. The van der Waals surface area contributed by atoms with E-state index in [1.807, 2.05) is 23.2 Å². The molecular formula is C23H18F4N6.